The molecule has 0 saturated carbocycles. The minimum absolute atomic E-state index is 0.143. The summed E-state index contributed by atoms with van der Waals surface area (Å²) in [6, 6.07) is 28.6. The fraction of sp³-hybridized carbons (Fsp3) is 0.419. The fourth-order valence-corrected chi connectivity index (χ4v) is 7.71. The Morgan fingerprint density at radius 3 is 1.59 bits per heavy atom. The lowest BCUT2D eigenvalue weighted by molar-refractivity contribution is 0.414. The van der Waals surface area contributed by atoms with Gasteiger partial charge in [-0.1, -0.05) is 133 Å². The molecule has 184 valence electrons. The van der Waals surface area contributed by atoms with Gasteiger partial charge in [-0.05, 0) is 45.9 Å². The highest BCUT2D eigenvalue weighted by Gasteiger charge is 2.46. The topological polar surface area (TPSA) is 29.5 Å². The number of hydrogen-bond acceptors (Lipinski definition) is 2. The van der Waals surface area contributed by atoms with E-state index < -0.39 is 8.32 Å². The van der Waals surface area contributed by atoms with Crippen molar-refractivity contribution in [2.45, 2.75) is 77.7 Å². The van der Waals surface area contributed by atoms with E-state index in [1.165, 1.54) is 50.5 Å². The van der Waals surface area contributed by atoms with E-state index in [4.69, 9.17) is 4.74 Å². The van der Waals surface area contributed by atoms with Crippen LogP contribution in [0.4, 0.5) is 0 Å². The minimum Gasteiger partial charge on any atom is -0.497 e. The molecule has 0 aromatic heterocycles. The van der Waals surface area contributed by atoms with Crippen molar-refractivity contribution in [2.24, 2.45) is 0 Å². The lowest BCUT2D eigenvalue weighted by atomic mass is 10.1. The second-order valence-electron chi connectivity index (χ2n) is 10.1. The van der Waals surface area contributed by atoms with E-state index in [1.807, 2.05) is 72.8 Å². The van der Waals surface area contributed by atoms with Crippen LogP contribution < -0.4 is 15.1 Å². The van der Waals surface area contributed by atoms with E-state index in [9.17, 15) is 4.80 Å². The van der Waals surface area contributed by atoms with Gasteiger partial charge in [0.15, 0.2) is 0 Å². The molecule has 3 rings (SSSR count). The highest BCUT2D eigenvalue weighted by molar-refractivity contribution is 6.98. The molecule has 0 amide bonds. The molecule has 0 fully saturated rings. The van der Waals surface area contributed by atoms with Crippen molar-refractivity contribution in [1.82, 2.24) is 0 Å². The van der Waals surface area contributed by atoms with E-state index in [0.717, 1.165) is 16.1 Å². The molecule has 0 aliphatic heterocycles. The van der Waals surface area contributed by atoms with Gasteiger partial charge in [-0.2, -0.15) is 0 Å². The first-order valence-corrected chi connectivity index (χ1v) is 14.7. The third-order valence-electron chi connectivity index (χ3n) is 6.45. The number of methoxy groups -OCH3 is 1. The van der Waals surface area contributed by atoms with Gasteiger partial charge in [0.1, 0.15) is 5.75 Å². The zero-order valence-corrected chi connectivity index (χ0v) is 22.9. The molecular weight excluding hydrogens is 432 g/mol. The van der Waals surface area contributed by atoms with Gasteiger partial charge in [0.05, 0.1) is 7.11 Å². The van der Waals surface area contributed by atoms with Gasteiger partial charge in [-0.3, -0.25) is 0 Å². The second kappa shape index (κ2) is 14.1. The Bertz CT molecular complexity index is 876. The van der Waals surface area contributed by atoms with E-state index in [2.05, 4.69) is 39.8 Å². The molecule has 1 N–H and O–H groups in total. The van der Waals surface area contributed by atoms with Crippen LogP contribution in [0.2, 0.25) is 5.04 Å². The Balaban J connectivity index is 0.000000242. The predicted octanol–water partition coefficient (Wildman–Crippen LogP) is 7.14. The van der Waals surface area contributed by atoms with Crippen molar-refractivity contribution in [2.75, 3.05) is 7.11 Å². The second-order valence-corrected chi connectivity index (χ2v) is 14.1. The molecule has 2 nitrogen and oxygen atoms in total. The number of hydrogen-bond donors (Lipinski definition) is 1. The number of unbranched alkanes of at least 4 members (excludes halogenated alkanes) is 5. The van der Waals surface area contributed by atoms with Crippen LogP contribution in [0, 0.1) is 0 Å². The summed E-state index contributed by atoms with van der Waals surface area (Å²) >= 11 is 0. The van der Waals surface area contributed by atoms with E-state index in [-0.39, 0.29) is 5.04 Å². The molecule has 0 atom stereocenters. The van der Waals surface area contributed by atoms with Crippen LogP contribution >= 0.6 is 0 Å². The molecule has 0 saturated heterocycles. The first-order valence-electron chi connectivity index (χ1n) is 12.8. The quantitative estimate of drug-likeness (QED) is 0.249. The van der Waals surface area contributed by atoms with Gasteiger partial charge in [0.25, 0.3) is 8.32 Å². The number of ether oxygens (including phenoxy) is 1. The molecule has 0 aliphatic rings. The van der Waals surface area contributed by atoms with Crippen LogP contribution in [-0.4, -0.2) is 20.2 Å². The van der Waals surface area contributed by atoms with E-state index >= 15 is 0 Å². The van der Waals surface area contributed by atoms with Crippen LogP contribution in [0.5, 0.6) is 5.75 Å². The zero-order chi connectivity index (χ0) is 24.9. The van der Waals surface area contributed by atoms with Crippen molar-refractivity contribution in [3.05, 3.63) is 90.5 Å². The third-order valence-corrected chi connectivity index (χ3v) is 11.0. The maximum absolute atomic E-state index is 11.4. The maximum atomic E-state index is 11.4. The summed E-state index contributed by atoms with van der Waals surface area (Å²) in [6.45, 7) is 8.63. The number of aryl methyl sites for hydroxylation is 1. The molecule has 0 radical (unpaired) electrons. The average molecular weight is 477 g/mol. The Morgan fingerprint density at radius 2 is 1.15 bits per heavy atom. The minimum atomic E-state index is -2.70. The van der Waals surface area contributed by atoms with E-state index in [0.29, 0.717) is 0 Å². The van der Waals surface area contributed by atoms with Gasteiger partial charge < -0.3 is 9.53 Å². The standard InChI is InChI=1S/C16H20OSi.C15H24O/c1-16(2,3)18(17,14-10-6-4-7-11-14)15-12-8-5-9-13-15;1-3-4-5-6-7-8-9-14-10-12-15(16-2)13-11-14/h4-13,17H,1-3H3;10-13H,3-9H2,1-2H3. The van der Waals surface area contributed by atoms with Crippen molar-refractivity contribution >= 4 is 18.7 Å². The summed E-state index contributed by atoms with van der Waals surface area (Å²) < 4.78 is 5.14. The largest absolute Gasteiger partial charge is 0.497 e. The SMILES string of the molecule is CC(C)(C)[Si](O)(c1ccccc1)c1ccccc1.CCCCCCCCc1ccc(OC)cc1. The Kier molecular flexibility index (Phi) is 11.6. The third kappa shape index (κ3) is 8.14. The van der Waals surface area contributed by atoms with Crippen LogP contribution in [0.1, 0.15) is 71.8 Å². The number of benzene rings is 3. The molecule has 0 unspecified atom stereocenters. The molecule has 34 heavy (non-hydrogen) atoms. The molecule has 0 bridgehead atoms. The Labute approximate surface area is 209 Å². The monoisotopic (exact) mass is 476 g/mol. The molecule has 3 aromatic rings. The van der Waals surface area contributed by atoms with E-state index in [1.54, 1.807) is 7.11 Å². The summed E-state index contributed by atoms with van der Waals surface area (Å²) in [5.41, 5.74) is 1.43. The summed E-state index contributed by atoms with van der Waals surface area (Å²) in [4.78, 5) is 11.4. The van der Waals surface area contributed by atoms with Crippen LogP contribution in [0.15, 0.2) is 84.9 Å². The highest BCUT2D eigenvalue weighted by atomic mass is 28.4. The summed E-state index contributed by atoms with van der Waals surface area (Å²) in [7, 11) is -0.992. The predicted molar refractivity (Wildman–Crippen MR) is 150 cm³/mol. The van der Waals surface area contributed by atoms with Crippen LogP contribution in [0.3, 0.4) is 0 Å². The highest BCUT2D eigenvalue weighted by Crippen LogP contribution is 2.33. The number of rotatable bonds is 10. The van der Waals surface area contributed by atoms with Crippen molar-refractivity contribution in [1.29, 1.82) is 0 Å². The summed E-state index contributed by atoms with van der Waals surface area (Å²) in [6.07, 6.45) is 9.41. The average Bonchev–Trinajstić information content (AvgIpc) is 2.87. The van der Waals surface area contributed by atoms with Gasteiger partial charge in [-0.15, -0.1) is 0 Å². The first kappa shape index (κ1) is 27.9. The van der Waals surface area contributed by atoms with Gasteiger partial charge in [0.2, 0.25) is 0 Å². The first-order chi connectivity index (χ1) is 16.3. The summed E-state index contributed by atoms with van der Waals surface area (Å²) in [5.74, 6) is 0.951. The summed E-state index contributed by atoms with van der Waals surface area (Å²) in [5, 5.41) is 2.00. The lowest BCUT2D eigenvalue weighted by Gasteiger charge is -2.38. The van der Waals surface area contributed by atoms with Gasteiger partial charge in [-0.25, -0.2) is 0 Å². The molecule has 0 spiro atoms. The molecule has 3 aromatic carbocycles. The maximum Gasteiger partial charge on any atom is 0.258 e. The molecule has 0 heterocycles. The molecule has 0 aliphatic carbocycles. The lowest BCUT2D eigenvalue weighted by Crippen LogP contribution is -2.64. The zero-order valence-electron chi connectivity index (χ0n) is 21.9. The molecular formula is C31H44O2Si. The van der Waals surface area contributed by atoms with Crippen LogP contribution in [0.25, 0.3) is 0 Å². The van der Waals surface area contributed by atoms with Gasteiger partial charge in [0, 0.05) is 0 Å². The smallest absolute Gasteiger partial charge is 0.258 e. The van der Waals surface area contributed by atoms with Crippen molar-refractivity contribution in [3.8, 4) is 5.75 Å². The van der Waals surface area contributed by atoms with Crippen molar-refractivity contribution in [3.63, 3.8) is 0 Å². The van der Waals surface area contributed by atoms with Crippen molar-refractivity contribution < 1.29 is 9.53 Å². The fourth-order valence-electron chi connectivity index (χ4n) is 4.29. The molecule has 3 heteroatoms. The van der Waals surface area contributed by atoms with Crippen LogP contribution in [-0.2, 0) is 6.42 Å². The van der Waals surface area contributed by atoms with Gasteiger partial charge >= 0.3 is 0 Å². The Hall–Kier alpha value is -2.36. The Morgan fingerprint density at radius 1 is 0.676 bits per heavy atom. The normalized spacial score (nSPS) is 11.5.